The molecular formula is C14H22Cl2F2N2O. The molecule has 0 aliphatic carbocycles. The number of piperidine rings is 1. The van der Waals surface area contributed by atoms with Crippen LogP contribution in [0.4, 0.5) is 8.78 Å². The van der Waals surface area contributed by atoms with Gasteiger partial charge in [-0.05, 0) is 39.0 Å². The minimum Gasteiger partial charge on any atom is -0.434 e. The molecule has 0 saturated carbocycles. The van der Waals surface area contributed by atoms with Gasteiger partial charge in [0.15, 0.2) is 0 Å². The van der Waals surface area contributed by atoms with Crippen LogP contribution in [-0.2, 0) is 6.54 Å². The Kier molecular flexibility index (Phi) is 9.86. The third kappa shape index (κ3) is 6.34. The lowest BCUT2D eigenvalue weighted by Crippen LogP contribution is -2.40. The summed E-state index contributed by atoms with van der Waals surface area (Å²) in [6, 6.07) is 7.59. The average molecular weight is 343 g/mol. The van der Waals surface area contributed by atoms with Crippen LogP contribution in [0.5, 0.6) is 5.75 Å². The molecule has 1 fully saturated rings. The number of para-hydroxylation sites is 1. The molecule has 3 nitrogen and oxygen atoms in total. The molecule has 0 aromatic heterocycles. The Bertz CT molecular complexity index is 402. The summed E-state index contributed by atoms with van der Waals surface area (Å²) in [6.07, 6.45) is 2.18. The quantitative estimate of drug-likeness (QED) is 0.888. The molecule has 1 aliphatic rings. The molecule has 1 aromatic rings. The zero-order valence-corrected chi connectivity index (χ0v) is 13.6. The number of nitrogens with one attached hydrogen (secondary N) is 1. The molecule has 0 spiro atoms. The lowest BCUT2D eigenvalue weighted by molar-refractivity contribution is -0.0508. The highest BCUT2D eigenvalue weighted by Gasteiger charge is 2.19. The topological polar surface area (TPSA) is 24.5 Å². The Hall–Kier alpha value is -0.620. The Morgan fingerprint density at radius 1 is 1.24 bits per heavy atom. The Labute approximate surface area is 136 Å². The second-order valence-electron chi connectivity index (χ2n) is 4.83. The highest BCUT2D eigenvalue weighted by Crippen LogP contribution is 2.23. The molecule has 0 radical (unpaired) electrons. The number of benzene rings is 1. The van der Waals surface area contributed by atoms with Gasteiger partial charge in [0.25, 0.3) is 0 Å². The molecule has 1 aliphatic heterocycles. The third-order valence-electron chi connectivity index (χ3n) is 3.58. The van der Waals surface area contributed by atoms with Gasteiger partial charge in [-0.25, -0.2) is 0 Å². The largest absolute Gasteiger partial charge is 0.434 e. The number of likely N-dealkylation sites (tertiary alicyclic amines) is 1. The molecule has 122 valence electrons. The summed E-state index contributed by atoms with van der Waals surface area (Å²) in [5.74, 6) is 0.285. The van der Waals surface area contributed by atoms with Crippen LogP contribution < -0.4 is 10.1 Å². The van der Waals surface area contributed by atoms with Crippen LogP contribution in [0.2, 0.25) is 0 Å². The normalized spacial score (nSPS) is 16.2. The first kappa shape index (κ1) is 20.4. The van der Waals surface area contributed by atoms with E-state index < -0.39 is 6.61 Å². The smallest absolute Gasteiger partial charge is 0.387 e. The zero-order chi connectivity index (χ0) is 13.7. The van der Waals surface area contributed by atoms with Crippen molar-refractivity contribution in [3.63, 3.8) is 0 Å². The first-order chi connectivity index (χ1) is 9.19. The van der Waals surface area contributed by atoms with Crippen molar-refractivity contribution >= 4 is 24.8 Å². The summed E-state index contributed by atoms with van der Waals surface area (Å²) in [4.78, 5) is 2.28. The van der Waals surface area contributed by atoms with Crippen LogP contribution in [0, 0.1) is 0 Å². The fourth-order valence-corrected chi connectivity index (χ4v) is 2.47. The van der Waals surface area contributed by atoms with Crippen molar-refractivity contribution in [1.29, 1.82) is 0 Å². The van der Waals surface area contributed by atoms with E-state index in [1.807, 2.05) is 19.2 Å². The Balaban J connectivity index is 0.00000200. The molecule has 1 N–H and O–H groups in total. The molecule has 7 heteroatoms. The van der Waals surface area contributed by atoms with Crippen molar-refractivity contribution < 1.29 is 13.5 Å². The summed E-state index contributed by atoms with van der Waals surface area (Å²) in [5, 5.41) is 3.28. The minimum absolute atomic E-state index is 0. The SMILES string of the molecule is CNC1CCN(Cc2ccccc2OC(F)F)CC1.Cl.Cl. The first-order valence-corrected chi connectivity index (χ1v) is 6.61. The number of rotatable bonds is 5. The van der Waals surface area contributed by atoms with E-state index in [1.165, 1.54) is 0 Å². The second-order valence-corrected chi connectivity index (χ2v) is 4.83. The summed E-state index contributed by atoms with van der Waals surface area (Å²) in [7, 11) is 1.98. The summed E-state index contributed by atoms with van der Waals surface area (Å²) in [5.41, 5.74) is 0.825. The number of halogens is 4. The molecule has 0 bridgehead atoms. The lowest BCUT2D eigenvalue weighted by Gasteiger charge is -2.32. The maximum atomic E-state index is 12.3. The molecule has 0 unspecified atom stereocenters. The summed E-state index contributed by atoms with van der Waals surface area (Å²) < 4.78 is 29.2. The average Bonchev–Trinajstić information content (AvgIpc) is 2.41. The third-order valence-corrected chi connectivity index (χ3v) is 3.58. The number of nitrogens with zero attached hydrogens (tertiary/aromatic N) is 1. The molecule has 2 rings (SSSR count). The van der Waals surface area contributed by atoms with Gasteiger partial charge in [-0.1, -0.05) is 18.2 Å². The van der Waals surface area contributed by atoms with Crippen molar-refractivity contribution in [2.75, 3.05) is 20.1 Å². The second kappa shape index (κ2) is 10.2. The van der Waals surface area contributed by atoms with Crippen molar-refractivity contribution in [1.82, 2.24) is 10.2 Å². The maximum absolute atomic E-state index is 12.3. The van der Waals surface area contributed by atoms with Crippen LogP contribution in [0.25, 0.3) is 0 Å². The van der Waals surface area contributed by atoms with Gasteiger partial charge in [-0.2, -0.15) is 8.78 Å². The van der Waals surface area contributed by atoms with Gasteiger partial charge in [-0.3, -0.25) is 4.90 Å². The Morgan fingerprint density at radius 2 is 1.86 bits per heavy atom. The van der Waals surface area contributed by atoms with Crippen molar-refractivity contribution in [2.24, 2.45) is 0 Å². The van der Waals surface area contributed by atoms with Crippen molar-refractivity contribution in [3.8, 4) is 5.75 Å². The van der Waals surface area contributed by atoms with Crippen molar-refractivity contribution in [2.45, 2.75) is 32.0 Å². The van der Waals surface area contributed by atoms with E-state index in [-0.39, 0.29) is 30.6 Å². The molecule has 21 heavy (non-hydrogen) atoms. The van der Waals surface area contributed by atoms with Gasteiger partial charge in [0.1, 0.15) is 5.75 Å². The van der Waals surface area contributed by atoms with Gasteiger partial charge in [-0.15, -0.1) is 24.8 Å². The lowest BCUT2D eigenvalue weighted by atomic mass is 10.0. The van der Waals surface area contributed by atoms with Crippen LogP contribution in [-0.4, -0.2) is 37.7 Å². The predicted octanol–water partition coefficient (Wildman–Crippen LogP) is 3.32. The molecule has 1 saturated heterocycles. The minimum atomic E-state index is -2.77. The van der Waals surface area contributed by atoms with E-state index in [0.717, 1.165) is 31.5 Å². The molecule has 0 atom stereocenters. The van der Waals surface area contributed by atoms with Crippen LogP contribution in [0.1, 0.15) is 18.4 Å². The fourth-order valence-electron chi connectivity index (χ4n) is 2.47. The number of alkyl halides is 2. The van der Waals surface area contributed by atoms with Gasteiger partial charge >= 0.3 is 6.61 Å². The number of hydrogen-bond acceptors (Lipinski definition) is 3. The maximum Gasteiger partial charge on any atom is 0.387 e. The van der Waals surface area contributed by atoms with E-state index in [2.05, 4.69) is 15.0 Å². The predicted molar refractivity (Wildman–Crippen MR) is 84.9 cm³/mol. The number of ether oxygens (including phenoxy) is 1. The molecular weight excluding hydrogens is 321 g/mol. The van der Waals surface area contributed by atoms with Gasteiger partial charge < -0.3 is 10.1 Å². The van der Waals surface area contributed by atoms with Gasteiger partial charge in [0, 0.05) is 18.2 Å². The van der Waals surface area contributed by atoms with E-state index >= 15 is 0 Å². The highest BCUT2D eigenvalue weighted by molar-refractivity contribution is 5.85. The standard InChI is InChI=1S/C14H20F2N2O.2ClH/c1-17-12-6-8-18(9-7-12)10-11-4-2-3-5-13(11)19-14(15)16;;/h2-5,12,14,17H,6-10H2,1H3;2*1H. The van der Waals surface area contributed by atoms with Crippen molar-refractivity contribution in [3.05, 3.63) is 29.8 Å². The van der Waals surface area contributed by atoms with E-state index in [1.54, 1.807) is 12.1 Å². The summed E-state index contributed by atoms with van der Waals surface area (Å²) >= 11 is 0. The fraction of sp³-hybridized carbons (Fsp3) is 0.571. The van der Waals surface area contributed by atoms with E-state index in [4.69, 9.17) is 0 Å². The van der Waals surface area contributed by atoms with Crippen LogP contribution in [0.3, 0.4) is 0 Å². The van der Waals surface area contributed by atoms with Crippen LogP contribution in [0.15, 0.2) is 24.3 Å². The van der Waals surface area contributed by atoms with Crippen LogP contribution >= 0.6 is 24.8 Å². The number of hydrogen-bond donors (Lipinski definition) is 1. The van der Waals surface area contributed by atoms with E-state index in [0.29, 0.717) is 12.6 Å². The molecule has 1 aromatic carbocycles. The highest BCUT2D eigenvalue weighted by atomic mass is 35.5. The van der Waals surface area contributed by atoms with Gasteiger partial charge in [0.2, 0.25) is 0 Å². The molecule has 1 heterocycles. The molecule has 0 amide bonds. The zero-order valence-electron chi connectivity index (χ0n) is 11.9. The Morgan fingerprint density at radius 3 is 2.43 bits per heavy atom. The first-order valence-electron chi connectivity index (χ1n) is 6.61. The summed E-state index contributed by atoms with van der Waals surface area (Å²) in [6.45, 7) is -0.140. The van der Waals surface area contributed by atoms with E-state index in [9.17, 15) is 8.78 Å². The monoisotopic (exact) mass is 342 g/mol. The van der Waals surface area contributed by atoms with Gasteiger partial charge in [0.05, 0.1) is 0 Å².